The van der Waals surface area contributed by atoms with E-state index in [4.69, 9.17) is 4.74 Å². The number of hydrogen-bond donors (Lipinski definition) is 0. The molecule has 0 bridgehead atoms. The maximum atomic E-state index is 11.4. The summed E-state index contributed by atoms with van der Waals surface area (Å²) in [7, 11) is 1.44. The van der Waals surface area contributed by atoms with Gasteiger partial charge in [-0.1, -0.05) is 19.9 Å². The summed E-state index contributed by atoms with van der Waals surface area (Å²) in [6.07, 6.45) is 4.10. The molecule has 0 atom stereocenters. The Morgan fingerprint density at radius 3 is 2.25 bits per heavy atom. The predicted molar refractivity (Wildman–Crippen MR) is 49.8 cm³/mol. The fraction of sp³-hybridized carbons (Fsp3) is 0.700. The summed E-state index contributed by atoms with van der Waals surface area (Å²) in [6, 6.07) is 0. The topological polar surface area (TPSA) is 26.3 Å². The van der Waals surface area contributed by atoms with E-state index >= 15 is 0 Å². The molecule has 0 aliphatic carbocycles. The first-order chi connectivity index (χ1) is 5.66. The molecule has 0 unspecified atom stereocenters. The van der Waals surface area contributed by atoms with Gasteiger partial charge in [-0.2, -0.15) is 0 Å². The Bertz CT molecular complexity index is 157. The molecule has 0 N–H and O–H groups in total. The highest BCUT2D eigenvalue weighted by atomic mass is 16.5. The highest BCUT2D eigenvalue weighted by molar-refractivity contribution is 5.76. The van der Waals surface area contributed by atoms with Crippen molar-refractivity contribution < 1.29 is 9.53 Å². The first kappa shape index (κ1) is 11.2. The van der Waals surface area contributed by atoms with Gasteiger partial charge in [0.05, 0.1) is 12.5 Å². The summed E-state index contributed by atoms with van der Waals surface area (Å²) in [5.74, 6) is -0.118. The van der Waals surface area contributed by atoms with Crippen molar-refractivity contribution >= 4 is 5.97 Å². The maximum absolute atomic E-state index is 11.4. The Morgan fingerprint density at radius 1 is 1.50 bits per heavy atom. The van der Waals surface area contributed by atoms with E-state index in [1.54, 1.807) is 6.08 Å². The maximum Gasteiger partial charge on any atom is 0.312 e. The molecule has 0 aromatic rings. The Hall–Kier alpha value is -0.790. The predicted octanol–water partition coefficient (Wildman–Crippen LogP) is 2.54. The van der Waals surface area contributed by atoms with Gasteiger partial charge in [-0.25, -0.2) is 0 Å². The van der Waals surface area contributed by atoms with Crippen LogP contribution in [0.5, 0.6) is 0 Å². The van der Waals surface area contributed by atoms with E-state index in [1.807, 2.05) is 13.8 Å². The minimum atomic E-state index is -0.337. The average Bonchev–Trinajstić information content (AvgIpc) is 2.13. The molecule has 0 aromatic heterocycles. The van der Waals surface area contributed by atoms with Gasteiger partial charge in [-0.05, 0) is 19.3 Å². The van der Waals surface area contributed by atoms with E-state index in [-0.39, 0.29) is 11.4 Å². The molecule has 0 heterocycles. The highest BCUT2D eigenvalue weighted by Gasteiger charge is 2.34. The van der Waals surface area contributed by atoms with E-state index in [0.717, 1.165) is 12.8 Å². The van der Waals surface area contributed by atoms with E-state index in [9.17, 15) is 4.79 Å². The molecular weight excluding hydrogens is 152 g/mol. The van der Waals surface area contributed by atoms with Gasteiger partial charge in [0, 0.05) is 0 Å². The van der Waals surface area contributed by atoms with Crippen molar-refractivity contribution in [2.75, 3.05) is 7.11 Å². The zero-order chi connectivity index (χ0) is 9.61. The van der Waals surface area contributed by atoms with Crippen LogP contribution in [0.15, 0.2) is 12.7 Å². The molecule has 0 rings (SSSR count). The number of allylic oxidation sites excluding steroid dienone is 1. The molecule has 2 heteroatoms. The Morgan fingerprint density at radius 2 is 2.00 bits per heavy atom. The van der Waals surface area contributed by atoms with Crippen LogP contribution in [0.4, 0.5) is 0 Å². The van der Waals surface area contributed by atoms with E-state index in [1.165, 1.54) is 7.11 Å². The first-order valence-corrected chi connectivity index (χ1v) is 4.36. The fourth-order valence-corrected chi connectivity index (χ4v) is 1.40. The van der Waals surface area contributed by atoms with Crippen molar-refractivity contribution in [3.05, 3.63) is 12.7 Å². The number of carbonyl (C=O) groups excluding carboxylic acids is 1. The molecular formula is C10H18O2. The zero-order valence-corrected chi connectivity index (χ0v) is 8.22. The molecule has 0 aliphatic heterocycles. The minimum absolute atomic E-state index is 0.118. The van der Waals surface area contributed by atoms with Crippen LogP contribution in [-0.2, 0) is 9.53 Å². The van der Waals surface area contributed by atoms with Crippen molar-refractivity contribution in [1.82, 2.24) is 0 Å². The van der Waals surface area contributed by atoms with Gasteiger partial charge < -0.3 is 4.74 Å². The van der Waals surface area contributed by atoms with Gasteiger partial charge in [0.2, 0.25) is 0 Å². The van der Waals surface area contributed by atoms with Crippen LogP contribution >= 0.6 is 0 Å². The highest BCUT2D eigenvalue weighted by Crippen LogP contribution is 2.32. The van der Waals surface area contributed by atoms with Crippen LogP contribution in [0.3, 0.4) is 0 Å². The Labute approximate surface area is 74.6 Å². The van der Waals surface area contributed by atoms with Crippen molar-refractivity contribution in [2.24, 2.45) is 5.41 Å². The smallest absolute Gasteiger partial charge is 0.312 e. The second-order valence-electron chi connectivity index (χ2n) is 2.97. The largest absolute Gasteiger partial charge is 0.469 e. The quantitative estimate of drug-likeness (QED) is 0.468. The first-order valence-electron chi connectivity index (χ1n) is 4.36. The number of rotatable bonds is 5. The van der Waals surface area contributed by atoms with E-state index in [0.29, 0.717) is 6.42 Å². The molecule has 12 heavy (non-hydrogen) atoms. The molecule has 0 saturated heterocycles. The Kier molecular flexibility index (Phi) is 4.64. The van der Waals surface area contributed by atoms with Crippen LogP contribution in [0.2, 0.25) is 0 Å². The number of hydrogen-bond acceptors (Lipinski definition) is 2. The number of ether oxygens (including phenoxy) is 1. The van der Waals surface area contributed by atoms with Gasteiger partial charge in [0.15, 0.2) is 0 Å². The van der Waals surface area contributed by atoms with Crippen molar-refractivity contribution in [1.29, 1.82) is 0 Å². The van der Waals surface area contributed by atoms with Crippen LogP contribution in [0.1, 0.15) is 33.1 Å². The summed E-state index contributed by atoms with van der Waals surface area (Å²) >= 11 is 0. The second kappa shape index (κ2) is 4.96. The summed E-state index contributed by atoms with van der Waals surface area (Å²) < 4.78 is 4.76. The van der Waals surface area contributed by atoms with Gasteiger partial charge in [0.1, 0.15) is 0 Å². The monoisotopic (exact) mass is 170 g/mol. The van der Waals surface area contributed by atoms with Crippen LogP contribution in [-0.4, -0.2) is 13.1 Å². The third-order valence-corrected chi connectivity index (χ3v) is 2.51. The molecule has 0 aromatic carbocycles. The summed E-state index contributed by atoms with van der Waals surface area (Å²) in [5, 5.41) is 0. The molecule has 0 saturated carbocycles. The summed E-state index contributed by atoms with van der Waals surface area (Å²) in [6.45, 7) is 7.66. The normalized spacial score (nSPS) is 10.9. The molecule has 0 amide bonds. The van der Waals surface area contributed by atoms with Crippen molar-refractivity contribution in [3.63, 3.8) is 0 Å². The lowest BCUT2D eigenvalue weighted by molar-refractivity contribution is -0.153. The van der Waals surface area contributed by atoms with Crippen LogP contribution in [0.25, 0.3) is 0 Å². The Balaban J connectivity index is 4.55. The number of esters is 1. The lowest BCUT2D eigenvalue weighted by atomic mass is 9.79. The molecule has 0 radical (unpaired) electrons. The second-order valence-corrected chi connectivity index (χ2v) is 2.97. The summed E-state index contributed by atoms with van der Waals surface area (Å²) in [4.78, 5) is 11.4. The third kappa shape index (κ3) is 2.10. The lowest BCUT2D eigenvalue weighted by Crippen LogP contribution is -2.30. The molecule has 70 valence electrons. The van der Waals surface area contributed by atoms with Crippen LogP contribution in [0, 0.1) is 5.41 Å². The fourth-order valence-electron chi connectivity index (χ4n) is 1.40. The molecule has 0 spiro atoms. The van der Waals surface area contributed by atoms with Gasteiger partial charge in [0.25, 0.3) is 0 Å². The van der Waals surface area contributed by atoms with Crippen molar-refractivity contribution in [2.45, 2.75) is 33.1 Å². The molecule has 0 aliphatic rings. The molecule has 0 fully saturated rings. The molecule has 2 nitrogen and oxygen atoms in total. The van der Waals surface area contributed by atoms with Crippen LogP contribution < -0.4 is 0 Å². The standard InChI is InChI=1S/C10H18O2/c1-5-8-10(6-2,7-3)9(11)12-4/h5H,1,6-8H2,2-4H3. The third-order valence-electron chi connectivity index (χ3n) is 2.51. The SMILES string of the molecule is C=CCC(CC)(CC)C(=O)OC. The lowest BCUT2D eigenvalue weighted by Gasteiger charge is -2.26. The van der Waals surface area contributed by atoms with E-state index < -0.39 is 0 Å². The average molecular weight is 170 g/mol. The zero-order valence-electron chi connectivity index (χ0n) is 8.22. The van der Waals surface area contributed by atoms with E-state index in [2.05, 4.69) is 6.58 Å². The van der Waals surface area contributed by atoms with Gasteiger partial charge in [-0.15, -0.1) is 6.58 Å². The summed E-state index contributed by atoms with van der Waals surface area (Å²) in [5.41, 5.74) is -0.337. The van der Waals surface area contributed by atoms with Crippen molar-refractivity contribution in [3.8, 4) is 0 Å². The van der Waals surface area contributed by atoms with Gasteiger partial charge >= 0.3 is 5.97 Å². The number of carbonyl (C=O) groups is 1. The number of methoxy groups -OCH3 is 1. The van der Waals surface area contributed by atoms with Gasteiger partial charge in [-0.3, -0.25) is 4.79 Å². The minimum Gasteiger partial charge on any atom is -0.469 e.